The van der Waals surface area contributed by atoms with Crippen molar-refractivity contribution < 1.29 is 5.11 Å². The molecule has 0 fully saturated rings. The summed E-state index contributed by atoms with van der Waals surface area (Å²) in [5.41, 5.74) is 7.12. The number of hydrogen-bond acceptors (Lipinski definition) is 1. The first-order valence-electron chi connectivity index (χ1n) is 9.00. The van der Waals surface area contributed by atoms with Crippen LogP contribution < -0.4 is 0 Å². The third-order valence-electron chi connectivity index (χ3n) is 4.71. The summed E-state index contributed by atoms with van der Waals surface area (Å²) >= 11 is 0. The molecule has 0 radical (unpaired) electrons. The lowest BCUT2D eigenvalue weighted by molar-refractivity contribution is 0.476. The third kappa shape index (κ3) is 3.61. The molecule has 25 heavy (non-hydrogen) atoms. The van der Waals surface area contributed by atoms with Crippen LogP contribution in [0.25, 0.3) is 22.3 Å². The van der Waals surface area contributed by atoms with E-state index >= 15 is 0 Å². The van der Waals surface area contributed by atoms with Crippen molar-refractivity contribution >= 4 is 0 Å². The molecule has 0 spiro atoms. The minimum atomic E-state index is 0.310. The van der Waals surface area contributed by atoms with Gasteiger partial charge in [0.2, 0.25) is 0 Å². The topological polar surface area (TPSA) is 20.2 Å². The molecule has 3 aromatic rings. The van der Waals surface area contributed by atoms with Crippen LogP contribution in [0.3, 0.4) is 0 Å². The quantitative estimate of drug-likeness (QED) is 0.547. The van der Waals surface area contributed by atoms with Crippen LogP contribution in [0.15, 0.2) is 66.7 Å². The number of phenols is 1. The van der Waals surface area contributed by atoms with Crippen molar-refractivity contribution in [3.05, 3.63) is 77.9 Å². The lowest BCUT2D eigenvalue weighted by atomic mass is 9.88. The second-order valence-electron chi connectivity index (χ2n) is 7.25. The van der Waals surface area contributed by atoms with Crippen LogP contribution in [0.2, 0.25) is 0 Å². The molecule has 3 rings (SSSR count). The molecule has 0 atom stereocenters. The zero-order valence-corrected chi connectivity index (χ0v) is 15.5. The SMILES string of the molecule is CC(C)c1ccccc1-c1cc(O)cc(-c2ccccc2C(C)C)c1. The maximum atomic E-state index is 10.4. The van der Waals surface area contributed by atoms with Crippen molar-refractivity contribution in [2.75, 3.05) is 0 Å². The van der Waals surface area contributed by atoms with E-state index in [1.807, 2.05) is 12.1 Å². The van der Waals surface area contributed by atoms with Crippen molar-refractivity contribution in [1.82, 2.24) is 0 Å². The van der Waals surface area contributed by atoms with Gasteiger partial charge in [0.15, 0.2) is 0 Å². The van der Waals surface area contributed by atoms with E-state index in [0.717, 1.165) is 11.1 Å². The summed E-state index contributed by atoms with van der Waals surface area (Å²) in [5.74, 6) is 1.18. The number of rotatable bonds is 4. The third-order valence-corrected chi connectivity index (χ3v) is 4.71. The summed E-state index contributed by atoms with van der Waals surface area (Å²) in [6.07, 6.45) is 0. The van der Waals surface area contributed by atoms with Gasteiger partial charge in [-0.25, -0.2) is 0 Å². The van der Waals surface area contributed by atoms with Gasteiger partial charge < -0.3 is 5.11 Å². The summed E-state index contributed by atoms with van der Waals surface area (Å²) in [6.45, 7) is 8.82. The zero-order valence-electron chi connectivity index (χ0n) is 15.5. The predicted octanol–water partition coefficient (Wildman–Crippen LogP) is 6.97. The molecule has 0 heterocycles. The maximum Gasteiger partial charge on any atom is 0.116 e. The number of phenolic OH excluding ortho intramolecular Hbond substituents is 1. The van der Waals surface area contributed by atoms with Gasteiger partial charge in [-0.2, -0.15) is 0 Å². The van der Waals surface area contributed by atoms with E-state index in [2.05, 4.69) is 82.3 Å². The predicted molar refractivity (Wildman–Crippen MR) is 107 cm³/mol. The van der Waals surface area contributed by atoms with Crippen molar-refractivity contribution in [3.63, 3.8) is 0 Å². The lowest BCUT2D eigenvalue weighted by Gasteiger charge is -2.16. The van der Waals surface area contributed by atoms with Gasteiger partial charge in [-0.1, -0.05) is 76.2 Å². The van der Waals surface area contributed by atoms with Crippen LogP contribution in [0.1, 0.15) is 50.7 Å². The smallest absolute Gasteiger partial charge is 0.116 e. The first-order valence-corrected chi connectivity index (χ1v) is 9.00. The monoisotopic (exact) mass is 330 g/mol. The zero-order chi connectivity index (χ0) is 18.0. The van der Waals surface area contributed by atoms with Crippen LogP contribution in [-0.4, -0.2) is 5.11 Å². The summed E-state index contributed by atoms with van der Waals surface area (Å²) in [6, 6.07) is 22.8. The van der Waals surface area contributed by atoms with Gasteiger partial charge in [0.05, 0.1) is 0 Å². The van der Waals surface area contributed by atoms with Crippen LogP contribution in [0.4, 0.5) is 0 Å². The van der Waals surface area contributed by atoms with Gasteiger partial charge in [0, 0.05) is 0 Å². The molecule has 0 bridgehead atoms. The van der Waals surface area contributed by atoms with Crippen LogP contribution in [0.5, 0.6) is 5.75 Å². The second-order valence-corrected chi connectivity index (χ2v) is 7.25. The van der Waals surface area contributed by atoms with E-state index in [4.69, 9.17) is 0 Å². The average molecular weight is 330 g/mol. The Bertz CT molecular complexity index is 805. The number of aromatic hydroxyl groups is 1. The molecule has 1 N–H and O–H groups in total. The van der Waals surface area contributed by atoms with Gasteiger partial charge >= 0.3 is 0 Å². The summed E-state index contributed by atoms with van der Waals surface area (Å²) < 4.78 is 0. The van der Waals surface area contributed by atoms with Crippen LogP contribution >= 0.6 is 0 Å². The number of hydrogen-bond donors (Lipinski definition) is 1. The molecule has 1 heteroatoms. The van der Waals surface area contributed by atoms with Gasteiger partial charge in [-0.05, 0) is 63.4 Å². The second kappa shape index (κ2) is 7.14. The first-order chi connectivity index (χ1) is 12.0. The van der Waals surface area contributed by atoms with E-state index in [9.17, 15) is 5.11 Å². The van der Waals surface area contributed by atoms with E-state index < -0.39 is 0 Å². The first kappa shape index (κ1) is 17.3. The van der Waals surface area contributed by atoms with Crippen molar-refractivity contribution in [2.45, 2.75) is 39.5 Å². The largest absolute Gasteiger partial charge is 0.508 e. The minimum absolute atomic E-state index is 0.310. The highest BCUT2D eigenvalue weighted by atomic mass is 16.3. The molecule has 1 nitrogen and oxygen atoms in total. The Morgan fingerprint density at radius 2 is 1.00 bits per heavy atom. The Morgan fingerprint density at radius 3 is 1.40 bits per heavy atom. The fraction of sp³-hybridized carbons (Fsp3) is 0.250. The van der Waals surface area contributed by atoms with E-state index in [-0.39, 0.29) is 0 Å². The molecule has 3 aromatic carbocycles. The minimum Gasteiger partial charge on any atom is -0.508 e. The molecule has 0 aliphatic carbocycles. The highest BCUT2D eigenvalue weighted by Crippen LogP contribution is 2.37. The van der Waals surface area contributed by atoms with Gasteiger partial charge in [0.1, 0.15) is 5.75 Å². The van der Waals surface area contributed by atoms with Gasteiger partial charge in [0.25, 0.3) is 0 Å². The molecule has 0 saturated carbocycles. The van der Waals surface area contributed by atoms with Crippen molar-refractivity contribution in [3.8, 4) is 28.0 Å². The molecular formula is C24H26O. The molecule has 0 unspecified atom stereocenters. The fourth-order valence-corrected chi connectivity index (χ4v) is 3.45. The van der Waals surface area contributed by atoms with Gasteiger partial charge in [-0.3, -0.25) is 0 Å². The molecular weight excluding hydrogens is 304 g/mol. The van der Waals surface area contributed by atoms with E-state index in [1.54, 1.807) is 0 Å². The maximum absolute atomic E-state index is 10.4. The Morgan fingerprint density at radius 1 is 0.600 bits per heavy atom. The van der Waals surface area contributed by atoms with Crippen LogP contribution in [-0.2, 0) is 0 Å². The molecule has 0 aliphatic heterocycles. The molecule has 128 valence electrons. The summed E-state index contributed by atoms with van der Waals surface area (Å²) in [4.78, 5) is 0. The highest BCUT2D eigenvalue weighted by molar-refractivity contribution is 5.78. The molecule has 0 amide bonds. The average Bonchev–Trinajstić information content (AvgIpc) is 2.61. The normalized spacial score (nSPS) is 11.3. The van der Waals surface area contributed by atoms with Crippen LogP contribution in [0, 0.1) is 0 Å². The standard InChI is InChI=1S/C24H26O/c1-16(2)21-9-5-7-11-23(21)18-13-19(15-20(25)14-18)24-12-8-6-10-22(24)17(3)4/h5-17,25H,1-4H3. The molecule has 0 aromatic heterocycles. The Balaban J connectivity index is 2.19. The van der Waals surface area contributed by atoms with Gasteiger partial charge in [-0.15, -0.1) is 0 Å². The Kier molecular flexibility index (Phi) is 4.94. The Labute approximate surface area is 151 Å². The summed E-state index contributed by atoms with van der Waals surface area (Å²) in [5, 5.41) is 10.4. The Hall–Kier alpha value is -2.54. The summed E-state index contributed by atoms with van der Waals surface area (Å²) in [7, 11) is 0. The van der Waals surface area contributed by atoms with Crippen molar-refractivity contribution in [2.24, 2.45) is 0 Å². The molecule has 0 aliphatic rings. The highest BCUT2D eigenvalue weighted by Gasteiger charge is 2.13. The van der Waals surface area contributed by atoms with E-state index in [0.29, 0.717) is 17.6 Å². The van der Waals surface area contributed by atoms with E-state index in [1.165, 1.54) is 22.3 Å². The lowest BCUT2D eigenvalue weighted by Crippen LogP contribution is -1.94. The fourth-order valence-electron chi connectivity index (χ4n) is 3.45. The van der Waals surface area contributed by atoms with Crippen molar-refractivity contribution in [1.29, 1.82) is 0 Å². The molecule has 0 saturated heterocycles. The number of benzene rings is 3.